The fourth-order valence-electron chi connectivity index (χ4n) is 0. The van der Waals surface area contributed by atoms with Crippen molar-refractivity contribution in [1.29, 1.82) is 0 Å². The minimum atomic E-state index is -3.81. The first-order chi connectivity index (χ1) is 2.00. The van der Waals surface area contributed by atoms with Crippen LogP contribution in [-0.2, 0) is 11.8 Å². The van der Waals surface area contributed by atoms with Crippen LogP contribution in [0.25, 0.3) is 0 Å². The van der Waals surface area contributed by atoms with E-state index in [-0.39, 0.29) is 18.9 Å². The summed E-state index contributed by atoms with van der Waals surface area (Å²) in [6.07, 6.45) is 0. The Morgan fingerprint density at radius 3 is 1.17 bits per heavy atom. The molecule has 0 spiro atoms. The molecule has 0 fully saturated rings. The van der Waals surface area contributed by atoms with Gasteiger partial charge in [0.25, 0.3) is 0 Å². The van der Waals surface area contributed by atoms with E-state index >= 15 is 0 Å². The van der Waals surface area contributed by atoms with E-state index in [0.29, 0.717) is 0 Å². The van der Waals surface area contributed by atoms with Crippen LogP contribution < -0.4 is 0 Å². The van der Waals surface area contributed by atoms with Crippen molar-refractivity contribution in [1.82, 2.24) is 0 Å². The maximum absolute atomic E-state index is 7.56. The molecule has 6 heteroatoms. The topological polar surface area (TPSA) is 60.7 Å². The summed E-state index contributed by atoms with van der Waals surface area (Å²) in [5.41, 5.74) is 0. The van der Waals surface area contributed by atoms with Gasteiger partial charge >= 0.3 is 25.6 Å². The third-order valence-corrected chi connectivity index (χ3v) is 0. The molecule has 0 aliphatic heterocycles. The molecule has 0 atom stereocenters. The van der Waals surface area contributed by atoms with E-state index < -0.39 is 6.72 Å². The molecule has 0 aromatic carbocycles. The first-order valence-corrected chi connectivity index (χ1v) is 3.44. The SMILES string of the molecule is OP(O)(O)=S.[LiH]. The van der Waals surface area contributed by atoms with Gasteiger partial charge < -0.3 is 14.7 Å². The van der Waals surface area contributed by atoms with Crippen LogP contribution in [0.5, 0.6) is 0 Å². The summed E-state index contributed by atoms with van der Waals surface area (Å²) in [5, 5.41) is 0. The van der Waals surface area contributed by atoms with E-state index in [2.05, 4.69) is 11.8 Å². The summed E-state index contributed by atoms with van der Waals surface area (Å²) >= 11 is 3.60. The molecule has 0 amide bonds. The fourth-order valence-corrected chi connectivity index (χ4v) is 0. The average Bonchev–Trinajstić information content (AvgIpc) is 0.722. The van der Waals surface area contributed by atoms with Crippen molar-refractivity contribution >= 4 is 37.4 Å². The molecule has 3 N–H and O–H groups in total. The number of hydrogen-bond acceptors (Lipinski definition) is 1. The van der Waals surface area contributed by atoms with Crippen LogP contribution in [0.1, 0.15) is 0 Å². The zero-order chi connectivity index (χ0) is 4.50. The Bertz CT molecular complexity index is 56.9. The van der Waals surface area contributed by atoms with Crippen LogP contribution in [0.4, 0.5) is 0 Å². The quantitative estimate of drug-likeness (QED) is 0.271. The molecule has 0 rings (SSSR count). The molecule has 0 unspecified atom stereocenters. The van der Waals surface area contributed by atoms with E-state index in [4.69, 9.17) is 14.7 Å². The maximum atomic E-state index is 7.56. The third-order valence-electron chi connectivity index (χ3n) is 0. The summed E-state index contributed by atoms with van der Waals surface area (Å²) in [6, 6.07) is 0. The van der Waals surface area contributed by atoms with Crippen LogP contribution in [0.2, 0.25) is 0 Å². The van der Waals surface area contributed by atoms with Crippen molar-refractivity contribution in [2.24, 2.45) is 0 Å². The molecule has 0 aromatic heterocycles. The van der Waals surface area contributed by atoms with Crippen molar-refractivity contribution in [3.8, 4) is 0 Å². The first-order valence-electron chi connectivity index (χ1n) is 0.783. The Morgan fingerprint density at radius 1 is 1.17 bits per heavy atom. The summed E-state index contributed by atoms with van der Waals surface area (Å²) in [5.74, 6) is 0. The van der Waals surface area contributed by atoms with E-state index in [0.717, 1.165) is 0 Å². The summed E-state index contributed by atoms with van der Waals surface area (Å²) in [7, 11) is 0. The van der Waals surface area contributed by atoms with Gasteiger partial charge in [-0.25, -0.2) is 0 Å². The number of rotatable bonds is 0. The molecule has 0 heterocycles. The third kappa shape index (κ3) is 68.7. The van der Waals surface area contributed by atoms with Gasteiger partial charge in [0.2, 0.25) is 0 Å². The fraction of sp³-hybridized carbons (Fsp3) is 0. The van der Waals surface area contributed by atoms with Crippen LogP contribution in [-0.4, -0.2) is 33.5 Å². The van der Waals surface area contributed by atoms with Crippen molar-refractivity contribution in [3.05, 3.63) is 0 Å². The normalized spacial score (nSPS) is 9.83. The van der Waals surface area contributed by atoms with E-state index in [1.807, 2.05) is 0 Å². The molecule has 0 radical (unpaired) electrons. The zero-order valence-corrected chi connectivity index (χ0v) is 3.91. The zero-order valence-electron chi connectivity index (χ0n) is 2.20. The Balaban J connectivity index is 0. The molecule has 0 saturated carbocycles. The van der Waals surface area contributed by atoms with Gasteiger partial charge in [-0.05, 0) is 11.8 Å². The van der Waals surface area contributed by atoms with Gasteiger partial charge in [0.15, 0.2) is 0 Å². The Labute approximate surface area is 52.4 Å². The first kappa shape index (κ1) is 10.2. The van der Waals surface area contributed by atoms with Gasteiger partial charge in [0.05, 0.1) is 0 Å². The molecule has 3 nitrogen and oxygen atoms in total. The van der Waals surface area contributed by atoms with Crippen molar-refractivity contribution in [2.45, 2.75) is 0 Å². The van der Waals surface area contributed by atoms with Gasteiger partial charge in [-0.2, -0.15) is 0 Å². The molecular weight excluding hydrogens is 118 g/mol. The van der Waals surface area contributed by atoms with Gasteiger partial charge in [-0.1, -0.05) is 0 Å². The monoisotopic (exact) mass is 122 g/mol. The second-order valence-corrected chi connectivity index (χ2v) is 3.01. The Hall–Kier alpha value is 1.13. The second-order valence-electron chi connectivity index (χ2n) is 0.513. The van der Waals surface area contributed by atoms with E-state index in [9.17, 15) is 0 Å². The molecule has 0 aliphatic rings. The minimum absolute atomic E-state index is 0. The molecule has 0 aliphatic carbocycles. The molecular formula is H4LiO3PS. The van der Waals surface area contributed by atoms with Crippen molar-refractivity contribution < 1.29 is 14.7 Å². The Kier molecular flexibility index (Phi) is 5.38. The predicted molar refractivity (Wildman–Crippen MR) is 28.1 cm³/mol. The van der Waals surface area contributed by atoms with Gasteiger partial charge in [0.1, 0.15) is 0 Å². The van der Waals surface area contributed by atoms with Crippen molar-refractivity contribution in [2.75, 3.05) is 0 Å². The molecule has 6 heavy (non-hydrogen) atoms. The van der Waals surface area contributed by atoms with Crippen molar-refractivity contribution in [3.63, 3.8) is 0 Å². The summed E-state index contributed by atoms with van der Waals surface area (Å²) < 4.78 is 0. The van der Waals surface area contributed by atoms with Crippen LogP contribution in [0, 0.1) is 0 Å². The predicted octanol–water partition coefficient (Wildman–Crippen LogP) is -1.46. The van der Waals surface area contributed by atoms with Crippen LogP contribution in [0.3, 0.4) is 0 Å². The standard InChI is InChI=1S/Li.H3O3PS.H/c;1-4(2,3)5;/h;(H3,1,2,3,5);. The van der Waals surface area contributed by atoms with Crippen LogP contribution in [0.15, 0.2) is 0 Å². The Morgan fingerprint density at radius 2 is 1.17 bits per heavy atom. The van der Waals surface area contributed by atoms with Gasteiger partial charge in [-0.3, -0.25) is 0 Å². The van der Waals surface area contributed by atoms with E-state index in [1.165, 1.54) is 0 Å². The molecule has 0 saturated heterocycles. The summed E-state index contributed by atoms with van der Waals surface area (Å²) in [6.45, 7) is -3.81. The van der Waals surface area contributed by atoms with Gasteiger partial charge in [-0.15, -0.1) is 0 Å². The van der Waals surface area contributed by atoms with E-state index in [1.54, 1.807) is 0 Å². The summed E-state index contributed by atoms with van der Waals surface area (Å²) in [4.78, 5) is 22.7. The second kappa shape index (κ2) is 3.17. The van der Waals surface area contributed by atoms with Crippen LogP contribution >= 0.6 is 6.72 Å². The molecule has 0 aromatic rings. The number of hydrogen-bond donors (Lipinski definition) is 3. The van der Waals surface area contributed by atoms with Gasteiger partial charge in [0, 0.05) is 0 Å². The molecule has 34 valence electrons. The average molecular weight is 122 g/mol. The molecule has 0 bridgehead atoms.